The first-order valence-electron chi connectivity index (χ1n) is 6.16. The van der Waals surface area contributed by atoms with Gasteiger partial charge in [0, 0.05) is 26.2 Å². The Balaban J connectivity index is 2.36. The van der Waals surface area contributed by atoms with Crippen LogP contribution in [0.2, 0.25) is 0 Å². The van der Waals surface area contributed by atoms with Gasteiger partial charge < -0.3 is 14.8 Å². The maximum absolute atomic E-state index is 12.5. The number of nitrogens with zero attached hydrogens (tertiary/aromatic N) is 3. The zero-order valence-corrected chi connectivity index (χ0v) is 11.5. The SMILES string of the molecule is Cn1cc([N+](=O)[O-])cc1C(=O)N1CCNC(=O)C1(C)C. The molecular formula is C12H16N4O4. The van der Waals surface area contributed by atoms with Crippen molar-refractivity contribution < 1.29 is 14.5 Å². The molecule has 1 aliphatic heterocycles. The van der Waals surface area contributed by atoms with Crippen LogP contribution in [0, 0.1) is 10.1 Å². The van der Waals surface area contributed by atoms with Crippen LogP contribution in [0.25, 0.3) is 0 Å². The molecule has 1 aromatic rings. The number of aryl methyl sites for hydroxylation is 1. The third kappa shape index (κ3) is 2.13. The average molecular weight is 280 g/mol. The molecule has 8 nitrogen and oxygen atoms in total. The van der Waals surface area contributed by atoms with Crippen LogP contribution in [-0.4, -0.2) is 44.8 Å². The Kier molecular flexibility index (Phi) is 3.24. The van der Waals surface area contributed by atoms with E-state index in [2.05, 4.69) is 5.32 Å². The van der Waals surface area contributed by atoms with Crippen molar-refractivity contribution in [3.05, 3.63) is 28.1 Å². The van der Waals surface area contributed by atoms with Crippen molar-refractivity contribution in [2.24, 2.45) is 7.05 Å². The second-order valence-electron chi connectivity index (χ2n) is 5.22. The molecular weight excluding hydrogens is 264 g/mol. The molecule has 1 aliphatic rings. The Hall–Kier alpha value is -2.38. The van der Waals surface area contributed by atoms with E-state index in [1.807, 2.05) is 0 Å². The molecule has 2 heterocycles. The van der Waals surface area contributed by atoms with Crippen LogP contribution in [0.3, 0.4) is 0 Å². The molecule has 0 aromatic carbocycles. The number of carbonyl (C=O) groups excluding carboxylic acids is 2. The van der Waals surface area contributed by atoms with Crippen molar-refractivity contribution in [2.75, 3.05) is 13.1 Å². The van der Waals surface area contributed by atoms with E-state index in [9.17, 15) is 19.7 Å². The highest BCUT2D eigenvalue weighted by molar-refractivity contribution is 5.99. The van der Waals surface area contributed by atoms with E-state index >= 15 is 0 Å². The molecule has 0 unspecified atom stereocenters. The summed E-state index contributed by atoms with van der Waals surface area (Å²) in [5.74, 6) is -0.624. The Morgan fingerprint density at radius 1 is 1.50 bits per heavy atom. The highest BCUT2D eigenvalue weighted by atomic mass is 16.6. The third-order valence-electron chi connectivity index (χ3n) is 3.52. The standard InChI is InChI=1S/C12H16N4O4/c1-12(2)11(18)13-4-5-15(12)10(17)9-6-8(16(19)20)7-14(9)3/h6-7H,4-5H2,1-3H3,(H,13,18). The number of aromatic nitrogens is 1. The minimum atomic E-state index is -0.978. The van der Waals surface area contributed by atoms with Gasteiger partial charge >= 0.3 is 0 Å². The minimum Gasteiger partial charge on any atom is -0.352 e. The van der Waals surface area contributed by atoms with Gasteiger partial charge in [0.05, 0.1) is 11.1 Å². The Morgan fingerprint density at radius 2 is 2.15 bits per heavy atom. The Labute approximate surface area is 115 Å². The van der Waals surface area contributed by atoms with Crippen molar-refractivity contribution in [1.82, 2.24) is 14.8 Å². The van der Waals surface area contributed by atoms with E-state index in [1.165, 1.54) is 21.7 Å². The molecule has 0 spiro atoms. The summed E-state index contributed by atoms with van der Waals surface area (Å²) >= 11 is 0. The van der Waals surface area contributed by atoms with Gasteiger partial charge in [-0.1, -0.05) is 0 Å². The lowest BCUT2D eigenvalue weighted by atomic mass is 9.98. The monoisotopic (exact) mass is 280 g/mol. The number of nitro groups is 1. The summed E-state index contributed by atoms with van der Waals surface area (Å²) in [7, 11) is 1.57. The van der Waals surface area contributed by atoms with Gasteiger partial charge in [0.1, 0.15) is 11.2 Å². The van der Waals surface area contributed by atoms with E-state index in [-0.39, 0.29) is 23.2 Å². The smallest absolute Gasteiger partial charge is 0.287 e. The first-order chi connectivity index (χ1) is 9.25. The Bertz CT molecular complexity index is 590. The molecule has 0 aliphatic carbocycles. The molecule has 108 valence electrons. The molecule has 1 aromatic heterocycles. The summed E-state index contributed by atoms with van der Waals surface area (Å²) < 4.78 is 1.41. The fraction of sp³-hybridized carbons (Fsp3) is 0.500. The van der Waals surface area contributed by atoms with E-state index < -0.39 is 10.5 Å². The molecule has 0 atom stereocenters. The van der Waals surface area contributed by atoms with Gasteiger partial charge in [0.25, 0.3) is 11.6 Å². The zero-order chi connectivity index (χ0) is 15.1. The van der Waals surface area contributed by atoms with Gasteiger partial charge in [-0.05, 0) is 13.8 Å². The maximum Gasteiger partial charge on any atom is 0.287 e. The molecule has 1 saturated heterocycles. The summed E-state index contributed by atoms with van der Waals surface area (Å²) in [6.07, 6.45) is 1.28. The number of rotatable bonds is 2. The van der Waals surface area contributed by atoms with Crippen LogP contribution in [0.5, 0.6) is 0 Å². The lowest BCUT2D eigenvalue weighted by molar-refractivity contribution is -0.384. The van der Waals surface area contributed by atoms with Gasteiger partial charge in [0.15, 0.2) is 0 Å². The van der Waals surface area contributed by atoms with Gasteiger partial charge in [-0.3, -0.25) is 19.7 Å². The summed E-state index contributed by atoms with van der Waals surface area (Å²) in [5.41, 5.74) is -0.927. The van der Waals surface area contributed by atoms with E-state index in [0.717, 1.165) is 0 Å². The average Bonchev–Trinajstić information content (AvgIpc) is 2.74. The lowest BCUT2D eigenvalue weighted by Gasteiger charge is -2.41. The minimum absolute atomic E-state index is 0.143. The van der Waals surface area contributed by atoms with Crippen molar-refractivity contribution in [2.45, 2.75) is 19.4 Å². The second-order valence-corrected chi connectivity index (χ2v) is 5.22. The fourth-order valence-corrected chi connectivity index (χ4v) is 2.25. The number of hydrogen-bond acceptors (Lipinski definition) is 4. The maximum atomic E-state index is 12.5. The molecule has 8 heteroatoms. The summed E-state index contributed by atoms with van der Waals surface area (Å²) in [5, 5.41) is 13.4. The number of hydrogen-bond donors (Lipinski definition) is 1. The largest absolute Gasteiger partial charge is 0.352 e. The molecule has 0 saturated carbocycles. The van der Waals surface area contributed by atoms with Gasteiger partial charge in [0.2, 0.25) is 5.91 Å². The van der Waals surface area contributed by atoms with Crippen LogP contribution in [0.15, 0.2) is 12.3 Å². The number of carbonyl (C=O) groups is 2. The van der Waals surface area contributed by atoms with E-state index in [1.54, 1.807) is 20.9 Å². The summed E-state index contributed by atoms with van der Waals surface area (Å²) in [6.45, 7) is 4.05. The zero-order valence-electron chi connectivity index (χ0n) is 11.5. The topological polar surface area (TPSA) is 97.5 Å². The van der Waals surface area contributed by atoms with E-state index in [0.29, 0.717) is 13.1 Å². The third-order valence-corrected chi connectivity index (χ3v) is 3.52. The molecule has 1 fully saturated rings. The van der Waals surface area contributed by atoms with Gasteiger partial charge in [-0.2, -0.15) is 0 Å². The first kappa shape index (κ1) is 14.0. The van der Waals surface area contributed by atoms with Crippen LogP contribution in [0.1, 0.15) is 24.3 Å². The van der Waals surface area contributed by atoms with Crippen LogP contribution < -0.4 is 5.32 Å². The molecule has 0 radical (unpaired) electrons. The first-order valence-corrected chi connectivity index (χ1v) is 6.16. The van der Waals surface area contributed by atoms with Crippen LogP contribution in [0.4, 0.5) is 5.69 Å². The van der Waals surface area contributed by atoms with Crippen molar-refractivity contribution in [3.63, 3.8) is 0 Å². The van der Waals surface area contributed by atoms with Crippen LogP contribution >= 0.6 is 0 Å². The molecule has 0 bridgehead atoms. The molecule has 1 N–H and O–H groups in total. The molecule has 20 heavy (non-hydrogen) atoms. The number of nitrogens with one attached hydrogen (secondary N) is 1. The second kappa shape index (κ2) is 4.62. The molecule has 2 rings (SSSR count). The summed E-state index contributed by atoms with van der Waals surface area (Å²) in [6, 6.07) is 1.23. The van der Waals surface area contributed by atoms with Crippen LogP contribution in [-0.2, 0) is 11.8 Å². The highest BCUT2D eigenvalue weighted by Gasteiger charge is 2.41. The fourth-order valence-electron chi connectivity index (χ4n) is 2.25. The Morgan fingerprint density at radius 3 is 2.70 bits per heavy atom. The van der Waals surface area contributed by atoms with Gasteiger partial charge in [-0.15, -0.1) is 0 Å². The highest BCUT2D eigenvalue weighted by Crippen LogP contribution is 2.23. The van der Waals surface area contributed by atoms with E-state index in [4.69, 9.17) is 0 Å². The van der Waals surface area contributed by atoms with Crippen molar-refractivity contribution >= 4 is 17.5 Å². The number of amides is 2. The number of piperazine rings is 1. The van der Waals surface area contributed by atoms with Gasteiger partial charge in [-0.25, -0.2) is 0 Å². The lowest BCUT2D eigenvalue weighted by Crippen LogP contribution is -2.63. The predicted octanol–water partition coefficient (Wildman–Crippen LogP) is 0.284. The van der Waals surface area contributed by atoms with Crippen molar-refractivity contribution in [1.29, 1.82) is 0 Å². The quantitative estimate of drug-likeness (QED) is 0.621. The normalized spacial score (nSPS) is 17.8. The molecule has 2 amide bonds. The summed E-state index contributed by atoms with van der Waals surface area (Å²) in [4.78, 5) is 36.0. The predicted molar refractivity (Wildman–Crippen MR) is 70.2 cm³/mol. The van der Waals surface area contributed by atoms with Crippen molar-refractivity contribution in [3.8, 4) is 0 Å².